The van der Waals surface area contributed by atoms with Crippen LogP contribution < -0.4 is 0 Å². The summed E-state index contributed by atoms with van der Waals surface area (Å²) in [5.41, 5.74) is 3.20. The smallest absolute Gasteiger partial charge is 0.271 e. The van der Waals surface area contributed by atoms with Crippen LogP contribution in [0, 0.1) is 0 Å². The van der Waals surface area contributed by atoms with Crippen molar-refractivity contribution < 1.29 is 9.09 Å². The van der Waals surface area contributed by atoms with Crippen molar-refractivity contribution in [2.45, 2.75) is 12.7 Å². The Labute approximate surface area is 177 Å². The third-order valence-electron chi connectivity index (χ3n) is 4.93. The van der Waals surface area contributed by atoms with E-state index in [9.17, 15) is 4.57 Å². The second kappa shape index (κ2) is 7.64. The van der Waals surface area contributed by atoms with Crippen LogP contribution in [0.1, 0.15) is 11.4 Å². The molecule has 4 aromatic heterocycles. The van der Waals surface area contributed by atoms with Crippen LogP contribution in [0.3, 0.4) is 0 Å². The van der Waals surface area contributed by atoms with E-state index in [4.69, 9.17) is 4.52 Å². The Morgan fingerprint density at radius 1 is 1.10 bits per heavy atom. The van der Waals surface area contributed by atoms with Crippen molar-refractivity contribution in [1.82, 2.24) is 39.3 Å². The summed E-state index contributed by atoms with van der Waals surface area (Å²) in [7, 11) is -1.27. The lowest BCUT2D eigenvalue weighted by atomic mass is 10.1. The van der Waals surface area contributed by atoms with E-state index in [0.717, 1.165) is 16.5 Å². The number of benzene rings is 1. The Morgan fingerprint density at radius 2 is 2.00 bits per heavy atom. The molecule has 0 spiro atoms. The van der Waals surface area contributed by atoms with Crippen molar-refractivity contribution in [2.75, 3.05) is 13.8 Å². The number of rotatable bonds is 6. The van der Waals surface area contributed by atoms with Crippen LogP contribution in [0.15, 0.2) is 55.2 Å². The minimum absolute atomic E-state index is 0.237. The lowest BCUT2D eigenvalue weighted by molar-refractivity contribution is 0.391. The van der Waals surface area contributed by atoms with E-state index in [1.54, 1.807) is 40.7 Å². The average molecular weight is 434 g/mol. The summed E-state index contributed by atoms with van der Waals surface area (Å²) in [6.07, 6.45) is 7.54. The van der Waals surface area contributed by atoms with Crippen LogP contribution in [0.4, 0.5) is 0 Å². The van der Waals surface area contributed by atoms with Gasteiger partial charge in [0.2, 0.25) is 7.37 Å². The molecule has 156 valence electrons. The van der Waals surface area contributed by atoms with E-state index in [1.165, 1.54) is 7.11 Å². The van der Waals surface area contributed by atoms with E-state index in [-0.39, 0.29) is 6.29 Å². The van der Waals surface area contributed by atoms with Gasteiger partial charge in [-0.2, -0.15) is 9.61 Å². The zero-order valence-electron chi connectivity index (χ0n) is 17.0. The minimum atomic E-state index is -2.71. The highest BCUT2D eigenvalue weighted by molar-refractivity contribution is 7.57. The standard InChI is InChI=1S/C20H19N8O2P/c1-30-31(2,29)13-27-11-18(23-12-27)17-10-22-20-25-24-19(28(20)26-17)9-14-5-6-16-15(8-14)4-3-7-21-16/h3-8,10-12H,9,13H2,1-2H3. The maximum Gasteiger partial charge on any atom is 0.271 e. The van der Waals surface area contributed by atoms with Gasteiger partial charge in [-0.3, -0.25) is 9.55 Å². The largest absolute Gasteiger partial charge is 0.331 e. The molecule has 5 aromatic rings. The van der Waals surface area contributed by atoms with Crippen LogP contribution in [-0.2, 0) is 21.8 Å². The second-order valence-corrected chi connectivity index (χ2v) is 9.97. The van der Waals surface area contributed by atoms with Crippen molar-refractivity contribution in [1.29, 1.82) is 0 Å². The molecule has 0 radical (unpaired) electrons. The molecule has 1 unspecified atom stereocenters. The molecule has 0 aliphatic carbocycles. The van der Waals surface area contributed by atoms with Crippen molar-refractivity contribution >= 4 is 24.0 Å². The first-order valence-corrected chi connectivity index (χ1v) is 11.8. The van der Waals surface area contributed by atoms with Crippen LogP contribution in [-0.4, -0.2) is 53.1 Å². The predicted molar refractivity (Wildman–Crippen MR) is 115 cm³/mol. The average Bonchev–Trinajstić information content (AvgIpc) is 3.40. The van der Waals surface area contributed by atoms with Crippen molar-refractivity contribution in [3.05, 3.63) is 66.6 Å². The summed E-state index contributed by atoms with van der Waals surface area (Å²) >= 11 is 0. The molecule has 5 rings (SSSR count). The maximum absolute atomic E-state index is 12.2. The summed E-state index contributed by atoms with van der Waals surface area (Å²) in [5, 5.41) is 14.1. The summed E-state index contributed by atoms with van der Waals surface area (Å²) < 4.78 is 20.6. The lowest BCUT2D eigenvalue weighted by Crippen LogP contribution is -2.03. The minimum Gasteiger partial charge on any atom is -0.331 e. The summed E-state index contributed by atoms with van der Waals surface area (Å²) in [6.45, 7) is 1.59. The number of fused-ring (bicyclic) bond motifs is 2. The molecule has 31 heavy (non-hydrogen) atoms. The zero-order chi connectivity index (χ0) is 21.4. The first kappa shape index (κ1) is 19.5. The van der Waals surface area contributed by atoms with Gasteiger partial charge in [-0.25, -0.2) is 9.97 Å². The van der Waals surface area contributed by atoms with Gasteiger partial charge in [0.1, 0.15) is 11.4 Å². The van der Waals surface area contributed by atoms with Crippen LogP contribution >= 0.6 is 7.37 Å². The van der Waals surface area contributed by atoms with Gasteiger partial charge in [-0.15, -0.1) is 10.2 Å². The molecule has 0 saturated carbocycles. The van der Waals surface area contributed by atoms with Gasteiger partial charge in [0.15, 0.2) is 5.82 Å². The summed E-state index contributed by atoms with van der Waals surface area (Å²) in [5.74, 6) is 1.09. The monoisotopic (exact) mass is 434 g/mol. The van der Waals surface area contributed by atoms with Gasteiger partial charge < -0.3 is 9.09 Å². The molecule has 11 heteroatoms. The topological polar surface area (TPSA) is 113 Å². The highest BCUT2D eigenvalue weighted by Gasteiger charge is 2.16. The molecular weight excluding hydrogens is 415 g/mol. The molecule has 0 amide bonds. The number of imidazole rings is 1. The molecule has 0 aliphatic rings. The van der Waals surface area contributed by atoms with Crippen molar-refractivity contribution in [2.24, 2.45) is 0 Å². The fourth-order valence-corrected chi connectivity index (χ4v) is 4.17. The van der Waals surface area contributed by atoms with Gasteiger partial charge in [-0.05, 0) is 23.8 Å². The first-order valence-electron chi connectivity index (χ1n) is 9.56. The van der Waals surface area contributed by atoms with Gasteiger partial charge in [0.05, 0.1) is 24.3 Å². The molecule has 0 saturated heterocycles. The maximum atomic E-state index is 12.2. The molecule has 0 bridgehead atoms. The molecule has 0 aliphatic heterocycles. The SMILES string of the molecule is COP(C)(=O)Cn1cnc(-c2cnc3nnc(Cc4ccc5ncccc5c4)n3n2)c1. The Hall–Kier alpha value is -3.49. The Morgan fingerprint density at radius 3 is 2.87 bits per heavy atom. The van der Waals surface area contributed by atoms with Crippen molar-refractivity contribution in [3.63, 3.8) is 0 Å². The number of nitrogens with zero attached hydrogens (tertiary/aromatic N) is 8. The van der Waals surface area contributed by atoms with Crippen LogP contribution in [0.2, 0.25) is 0 Å². The van der Waals surface area contributed by atoms with E-state index in [0.29, 0.717) is 29.4 Å². The molecule has 1 aromatic carbocycles. The molecule has 0 N–H and O–H groups in total. The molecular formula is C20H19N8O2P. The number of pyridine rings is 1. The third kappa shape index (κ3) is 3.95. The van der Waals surface area contributed by atoms with E-state index in [1.807, 2.05) is 24.3 Å². The number of hydrogen-bond acceptors (Lipinski definition) is 8. The summed E-state index contributed by atoms with van der Waals surface area (Å²) in [4.78, 5) is 13.1. The molecule has 1 atom stereocenters. The van der Waals surface area contributed by atoms with E-state index >= 15 is 0 Å². The normalized spacial score (nSPS) is 13.6. The fourth-order valence-electron chi connectivity index (χ4n) is 3.31. The van der Waals surface area contributed by atoms with Gasteiger partial charge in [0, 0.05) is 38.0 Å². The quantitative estimate of drug-likeness (QED) is 0.375. The third-order valence-corrected chi connectivity index (χ3v) is 6.54. The highest BCUT2D eigenvalue weighted by Crippen LogP contribution is 2.43. The lowest BCUT2D eigenvalue weighted by Gasteiger charge is -2.10. The summed E-state index contributed by atoms with van der Waals surface area (Å²) in [6, 6.07) is 10.0. The van der Waals surface area contributed by atoms with Crippen molar-refractivity contribution in [3.8, 4) is 11.4 Å². The fraction of sp³-hybridized carbons (Fsp3) is 0.200. The van der Waals surface area contributed by atoms with E-state index < -0.39 is 7.37 Å². The zero-order valence-corrected chi connectivity index (χ0v) is 17.8. The Bertz CT molecular complexity index is 1440. The number of aromatic nitrogens is 8. The highest BCUT2D eigenvalue weighted by atomic mass is 31.2. The Balaban J connectivity index is 1.45. The van der Waals surface area contributed by atoms with E-state index in [2.05, 4.69) is 36.3 Å². The predicted octanol–water partition coefficient (Wildman–Crippen LogP) is 3.03. The second-order valence-electron chi connectivity index (χ2n) is 7.29. The van der Waals surface area contributed by atoms with Crippen LogP contribution in [0.25, 0.3) is 28.1 Å². The molecule has 10 nitrogen and oxygen atoms in total. The van der Waals surface area contributed by atoms with Gasteiger partial charge in [-0.1, -0.05) is 12.1 Å². The first-order chi connectivity index (χ1) is 15.0. The molecule has 4 heterocycles. The van der Waals surface area contributed by atoms with Gasteiger partial charge in [0.25, 0.3) is 5.78 Å². The van der Waals surface area contributed by atoms with Crippen LogP contribution in [0.5, 0.6) is 0 Å². The Kier molecular flexibility index (Phi) is 4.80. The number of hydrogen-bond donors (Lipinski definition) is 0. The van der Waals surface area contributed by atoms with Gasteiger partial charge >= 0.3 is 0 Å². The molecule has 0 fully saturated rings.